The van der Waals surface area contributed by atoms with Crippen LogP contribution in [0.4, 0.5) is 14.5 Å². The number of hydrogen-bond donors (Lipinski definition) is 0. The van der Waals surface area contributed by atoms with Crippen LogP contribution in [0.25, 0.3) is 0 Å². The minimum atomic E-state index is -0.361. The summed E-state index contributed by atoms with van der Waals surface area (Å²) < 4.78 is 28.6. The SMILES string of the molecule is O=C(CN1CCN(c2ccccc2F)CC1)N1N=C(c2ccccc2F)CC1c1ccc(Cl)cc1. The second kappa shape index (κ2) is 10.1. The van der Waals surface area contributed by atoms with Crippen LogP contribution in [0.5, 0.6) is 0 Å². The standard InChI is InChI=1S/C27H25ClF2N4O/c28-20-11-9-19(10-12-20)26-17-24(21-5-1-2-6-22(21)29)31-34(26)27(35)18-32-13-15-33(16-14-32)25-8-4-3-7-23(25)30/h1-12,26H,13-18H2. The molecular weight excluding hydrogens is 470 g/mol. The lowest BCUT2D eigenvalue weighted by Crippen LogP contribution is -2.49. The first-order chi connectivity index (χ1) is 17.0. The Hall–Kier alpha value is -3.29. The van der Waals surface area contributed by atoms with Crippen molar-refractivity contribution in [1.82, 2.24) is 9.91 Å². The van der Waals surface area contributed by atoms with Crippen molar-refractivity contribution in [2.45, 2.75) is 12.5 Å². The van der Waals surface area contributed by atoms with Crippen molar-refractivity contribution in [3.8, 4) is 0 Å². The van der Waals surface area contributed by atoms with Gasteiger partial charge in [0.05, 0.1) is 24.0 Å². The molecule has 0 radical (unpaired) electrons. The molecule has 0 saturated carbocycles. The van der Waals surface area contributed by atoms with Crippen molar-refractivity contribution in [2.24, 2.45) is 5.10 Å². The van der Waals surface area contributed by atoms with E-state index in [9.17, 15) is 13.6 Å². The minimum Gasteiger partial charge on any atom is -0.367 e. The summed E-state index contributed by atoms with van der Waals surface area (Å²) >= 11 is 6.06. The van der Waals surface area contributed by atoms with E-state index in [1.54, 1.807) is 42.5 Å². The van der Waals surface area contributed by atoms with Crippen molar-refractivity contribution in [3.05, 3.63) is 101 Å². The number of carbonyl (C=O) groups is 1. The van der Waals surface area contributed by atoms with Gasteiger partial charge in [0.2, 0.25) is 0 Å². The Morgan fingerprint density at radius 1 is 0.886 bits per heavy atom. The summed E-state index contributed by atoms with van der Waals surface area (Å²) in [6.45, 7) is 2.69. The predicted molar refractivity (Wildman–Crippen MR) is 134 cm³/mol. The van der Waals surface area contributed by atoms with E-state index in [1.807, 2.05) is 23.1 Å². The zero-order valence-electron chi connectivity index (χ0n) is 19.1. The maximum atomic E-state index is 14.5. The summed E-state index contributed by atoms with van der Waals surface area (Å²) in [4.78, 5) is 17.5. The first-order valence-corrected chi connectivity index (χ1v) is 12.0. The molecule has 1 fully saturated rings. The summed E-state index contributed by atoms with van der Waals surface area (Å²) in [5, 5.41) is 6.66. The first kappa shape index (κ1) is 23.5. The highest BCUT2D eigenvalue weighted by molar-refractivity contribution is 6.30. The highest BCUT2D eigenvalue weighted by Gasteiger charge is 2.35. The summed E-state index contributed by atoms with van der Waals surface area (Å²) in [7, 11) is 0. The molecule has 2 heterocycles. The minimum absolute atomic E-state index is 0.157. The number of carbonyl (C=O) groups excluding carboxylic acids is 1. The van der Waals surface area contributed by atoms with E-state index < -0.39 is 0 Å². The lowest BCUT2D eigenvalue weighted by Gasteiger charge is -2.36. The Labute approximate surface area is 208 Å². The van der Waals surface area contributed by atoms with Gasteiger partial charge in [0.15, 0.2) is 0 Å². The number of hydrogen-bond acceptors (Lipinski definition) is 4. The van der Waals surface area contributed by atoms with E-state index >= 15 is 0 Å². The number of rotatable bonds is 5. The fraction of sp³-hybridized carbons (Fsp3) is 0.259. The van der Waals surface area contributed by atoms with Crippen LogP contribution < -0.4 is 4.90 Å². The van der Waals surface area contributed by atoms with Gasteiger partial charge in [-0.05, 0) is 35.9 Å². The number of nitrogens with zero attached hydrogens (tertiary/aromatic N) is 4. The van der Waals surface area contributed by atoms with Crippen LogP contribution in [0.3, 0.4) is 0 Å². The number of anilines is 1. The van der Waals surface area contributed by atoms with Gasteiger partial charge in [-0.25, -0.2) is 13.8 Å². The maximum absolute atomic E-state index is 14.5. The molecule has 2 aliphatic heterocycles. The topological polar surface area (TPSA) is 39.2 Å². The van der Waals surface area contributed by atoms with Gasteiger partial charge < -0.3 is 4.90 Å². The molecule has 0 aliphatic carbocycles. The summed E-state index contributed by atoms with van der Waals surface area (Å²) in [6.07, 6.45) is 0.412. The molecule has 0 bridgehead atoms. The molecule has 2 aliphatic rings. The molecule has 0 N–H and O–H groups in total. The van der Waals surface area contributed by atoms with Gasteiger partial charge in [-0.15, -0.1) is 0 Å². The van der Waals surface area contributed by atoms with Crippen LogP contribution in [0.15, 0.2) is 77.9 Å². The smallest absolute Gasteiger partial charge is 0.257 e. The van der Waals surface area contributed by atoms with Gasteiger partial charge in [0.1, 0.15) is 11.6 Å². The number of amides is 1. The second-order valence-corrected chi connectivity index (χ2v) is 9.19. The van der Waals surface area contributed by atoms with Crippen molar-refractivity contribution >= 4 is 28.9 Å². The van der Waals surface area contributed by atoms with E-state index in [0.717, 1.165) is 5.56 Å². The molecule has 0 aromatic heterocycles. The Kier molecular flexibility index (Phi) is 6.79. The molecule has 3 aromatic carbocycles. The summed E-state index contributed by atoms with van der Waals surface area (Å²) in [6, 6.07) is 20.2. The Morgan fingerprint density at radius 2 is 1.54 bits per heavy atom. The quantitative estimate of drug-likeness (QED) is 0.494. The van der Waals surface area contributed by atoms with Crippen LogP contribution >= 0.6 is 11.6 Å². The second-order valence-electron chi connectivity index (χ2n) is 8.75. The third-order valence-electron chi connectivity index (χ3n) is 6.53. The Balaban J connectivity index is 1.32. The average molecular weight is 495 g/mol. The van der Waals surface area contributed by atoms with Crippen molar-refractivity contribution in [2.75, 3.05) is 37.6 Å². The van der Waals surface area contributed by atoms with E-state index in [2.05, 4.69) is 10.0 Å². The van der Waals surface area contributed by atoms with E-state index in [4.69, 9.17) is 11.6 Å². The molecule has 3 aromatic rings. The molecule has 1 unspecified atom stereocenters. The van der Waals surface area contributed by atoms with Crippen LogP contribution in [0.1, 0.15) is 23.6 Å². The van der Waals surface area contributed by atoms with Crippen LogP contribution in [0.2, 0.25) is 5.02 Å². The molecule has 1 atom stereocenters. The van der Waals surface area contributed by atoms with Crippen LogP contribution in [-0.2, 0) is 4.79 Å². The third-order valence-corrected chi connectivity index (χ3v) is 6.78. The third kappa shape index (κ3) is 5.06. The number of hydrazone groups is 1. The van der Waals surface area contributed by atoms with E-state index in [1.165, 1.54) is 17.1 Å². The monoisotopic (exact) mass is 494 g/mol. The molecule has 5 rings (SSSR count). The largest absolute Gasteiger partial charge is 0.367 e. The van der Waals surface area contributed by atoms with E-state index in [-0.39, 0.29) is 30.1 Å². The van der Waals surface area contributed by atoms with Gasteiger partial charge in [-0.1, -0.05) is 54.1 Å². The van der Waals surface area contributed by atoms with Gasteiger partial charge in [0.25, 0.3) is 5.91 Å². The number of benzene rings is 3. The molecule has 0 spiro atoms. The lowest BCUT2D eigenvalue weighted by molar-refractivity contribution is -0.134. The van der Waals surface area contributed by atoms with Crippen LogP contribution in [0, 0.1) is 11.6 Å². The first-order valence-electron chi connectivity index (χ1n) is 11.6. The summed E-state index contributed by atoms with van der Waals surface area (Å²) in [5.41, 5.74) is 2.42. The molecular formula is C27H25ClF2N4O. The molecule has 180 valence electrons. The lowest BCUT2D eigenvalue weighted by atomic mass is 9.98. The zero-order valence-corrected chi connectivity index (χ0v) is 19.8. The van der Waals surface area contributed by atoms with Crippen LogP contribution in [-0.4, -0.2) is 54.3 Å². The molecule has 1 amide bonds. The van der Waals surface area contributed by atoms with Gasteiger partial charge in [-0.3, -0.25) is 9.69 Å². The van der Waals surface area contributed by atoms with Crippen molar-refractivity contribution in [1.29, 1.82) is 0 Å². The molecule has 5 nitrogen and oxygen atoms in total. The molecule has 35 heavy (non-hydrogen) atoms. The van der Waals surface area contributed by atoms with Crippen molar-refractivity contribution < 1.29 is 13.6 Å². The maximum Gasteiger partial charge on any atom is 0.257 e. The zero-order chi connectivity index (χ0) is 24.4. The molecule has 8 heteroatoms. The predicted octanol–water partition coefficient (Wildman–Crippen LogP) is 5.12. The van der Waals surface area contributed by atoms with E-state index in [0.29, 0.717) is 54.6 Å². The fourth-order valence-corrected chi connectivity index (χ4v) is 4.79. The van der Waals surface area contributed by atoms with Gasteiger partial charge in [0, 0.05) is 43.2 Å². The van der Waals surface area contributed by atoms with Gasteiger partial charge >= 0.3 is 0 Å². The Bertz CT molecular complexity index is 1240. The number of para-hydroxylation sites is 1. The summed E-state index contributed by atoms with van der Waals surface area (Å²) in [5.74, 6) is -0.759. The number of piperazine rings is 1. The highest BCUT2D eigenvalue weighted by atomic mass is 35.5. The van der Waals surface area contributed by atoms with Crippen molar-refractivity contribution in [3.63, 3.8) is 0 Å². The highest BCUT2D eigenvalue weighted by Crippen LogP contribution is 2.34. The Morgan fingerprint density at radius 3 is 2.23 bits per heavy atom. The van der Waals surface area contributed by atoms with Gasteiger partial charge in [-0.2, -0.15) is 5.10 Å². The normalized spacial score (nSPS) is 18.6. The number of halogens is 3. The average Bonchev–Trinajstić information content (AvgIpc) is 3.31. The molecule has 1 saturated heterocycles. The fourth-order valence-electron chi connectivity index (χ4n) is 4.66.